The number of rotatable bonds is 6. The van der Waals surface area contributed by atoms with E-state index >= 15 is 0 Å². The number of hydrogen-bond donors (Lipinski definition) is 1. The van der Waals surface area contributed by atoms with Crippen LogP contribution < -0.4 is 10.1 Å². The third-order valence-electron chi connectivity index (χ3n) is 4.51. The maximum absolute atomic E-state index is 12.6. The summed E-state index contributed by atoms with van der Waals surface area (Å²) in [6.45, 7) is 5.81. The van der Waals surface area contributed by atoms with Crippen LogP contribution in [-0.4, -0.2) is 22.9 Å². The van der Waals surface area contributed by atoms with Crippen LogP contribution in [-0.2, 0) is 0 Å². The molecule has 0 aliphatic carbocycles. The molecule has 0 aliphatic heterocycles. The molecule has 0 aliphatic rings. The van der Waals surface area contributed by atoms with Gasteiger partial charge in [0.2, 0.25) is 0 Å². The predicted molar refractivity (Wildman–Crippen MR) is 113 cm³/mol. The molecular formula is C21H21N3O4S. The quantitative estimate of drug-likeness (QED) is 0.463. The maximum atomic E-state index is 12.6. The molecule has 0 spiro atoms. The maximum Gasteiger partial charge on any atom is 0.311 e. The van der Waals surface area contributed by atoms with Gasteiger partial charge in [-0.25, -0.2) is 4.98 Å². The van der Waals surface area contributed by atoms with Gasteiger partial charge in [0.15, 0.2) is 5.75 Å². The minimum Gasteiger partial charge on any atom is -0.490 e. The summed E-state index contributed by atoms with van der Waals surface area (Å²) in [4.78, 5) is 28.8. The molecule has 0 saturated heterocycles. The van der Waals surface area contributed by atoms with Gasteiger partial charge in [-0.2, -0.15) is 0 Å². The molecule has 3 aromatic rings. The van der Waals surface area contributed by atoms with Gasteiger partial charge in [-0.1, -0.05) is 29.8 Å². The molecular weight excluding hydrogens is 390 g/mol. The number of thiazole rings is 1. The van der Waals surface area contributed by atoms with Crippen molar-refractivity contribution >= 4 is 22.9 Å². The van der Waals surface area contributed by atoms with E-state index in [9.17, 15) is 14.9 Å². The van der Waals surface area contributed by atoms with Crippen LogP contribution in [0.1, 0.15) is 39.5 Å². The lowest BCUT2D eigenvalue weighted by atomic mass is 10.1. The summed E-state index contributed by atoms with van der Waals surface area (Å²) in [5.41, 5.74) is 3.00. The topological polar surface area (TPSA) is 94.4 Å². The van der Waals surface area contributed by atoms with Crippen LogP contribution in [0.4, 0.5) is 5.69 Å². The highest BCUT2D eigenvalue weighted by atomic mass is 32.1. The number of nitro groups is 1. The molecule has 1 amide bonds. The molecule has 3 rings (SSSR count). The smallest absolute Gasteiger partial charge is 0.311 e. The van der Waals surface area contributed by atoms with Gasteiger partial charge in [0.05, 0.1) is 28.6 Å². The second kappa shape index (κ2) is 8.40. The zero-order valence-corrected chi connectivity index (χ0v) is 17.4. The average molecular weight is 411 g/mol. The first-order chi connectivity index (χ1) is 13.8. The Hall–Kier alpha value is -3.26. The number of carbonyl (C=O) groups is 1. The fourth-order valence-electron chi connectivity index (χ4n) is 2.95. The molecule has 2 aromatic carbocycles. The van der Waals surface area contributed by atoms with Crippen LogP contribution in [0, 0.1) is 24.0 Å². The van der Waals surface area contributed by atoms with E-state index in [1.54, 1.807) is 0 Å². The van der Waals surface area contributed by atoms with Crippen molar-refractivity contribution in [2.24, 2.45) is 0 Å². The first-order valence-corrected chi connectivity index (χ1v) is 9.79. The van der Waals surface area contributed by atoms with Gasteiger partial charge in [-0.05, 0) is 32.9 Å². The van der Waals surface area contributed by atoms with Crippen molar-refractivity contribution in [3.05, 3.63) is 74.3 Å². The second-order valence-corrected chi connectivity index (χ2v) is 7.70. The van der Waals surface area contributed by atoms with Crippen molar-refractivity contribution in [2.45, 2.75) is 26.8 Å². The number of methoxy groups -OCH3 is 1. The van der Waals surface area contributed by atoms with Gasteiger partial charge in [-0.15, -0.1) is 11.3 Å². The van der Waals surface area contributed by atoms with E-state index in [0.29, 0.717) is 0 Å². The number of carbonyl (C=O) groups excluding carboxylic acids is 1. The minimum absolute atomic E-state index is 0.112. The van der Waals surface area contributed by atoms with Crippen molar-refractivity contribution in [3.63, 3.8) is 0 Å². The van der Waals surface area contributed by atoms with Crippen LogP contribution in [0.2, 0.25) is 0 Å². The third kappa shape index (κ3) is 4.43. The standard InChI is InChI=1S/C21H21N3O4S/c1-12-5-7-15(8-6-12)21-23-14(3)19(29-21)13(2)22-20(25)16-9-10-18(28-4)17(11-16)24(26)27/h5-11,13H,1-4H3,(H,22,25). The van der Waals surface area contributed by atoms with E-state index in [1.807, 2.05) is 45.0 Å². The highest BCUT2D eigenvalue weighted by molar-refractivity contribution is 7.15. The van der Waals surface area contributed by atoms with Gasteiger partial charge in [0, 0.05) is 17.2 Å². The van der Waals surface area contributed by atoms with Crippen molar-refractivity contribution in [1.29, 1.82) is 0 Å². The highest BCUT2D eigenvalue weighted by Gasteiger charge is 2.21. The summed E-state index contributed by atoms with van der Waals surface area (Å²) in [6, 6.07) is 12.0. The van der Waals surface area contributed by atoms with Gasteiger partial charge in [-0.3, -0.25) is 14.9 Å². The van der Waals surface area contributed by atoms with E-state index < -0.39 is 10.8 Å². The third-order valence-corrected chi connectivity index (χ3v) is 5.90. The Morgan fingerprint density at radius 2 is 1.90 bits per heavy atom. The summed E-state index contributed by atoms with van der Waals surface area (Å²) in [7, 11) is 1.35. The molecule has 7 nitrogen and oxygen atoms in total. The van der Waals surface area contributed by atoms with Crippen LogP contribution in [0.15, 0.2) is 42.5 Å². The summed E-state index contributed by atoms with van der Waals surface area (Å²) in [6.07, 6.45) is 0. The van der Waals surface area contributed by atoms with E-state index in [-0.39, 0.29) is 23.0 Å². The zero-order chi connectivity index (χ0) is 21.1. The molecule has 0 saturated carbocycles. The van der Waals surface area contributed by atoms with Crippen LogP contribution in [0.5, 0.6) is 5.75 Å². The Kier molecular flexibility index (Phi) is 5.93. The molecule has 8 heteroatoms. The molecule has 1 N–H and O–H groups in total. The zero-order valence-electron chi connectivity index (χ0n) is 16.6. The molecule has 1 heterocycles. The van der Waals surface area contributed by atoms with Gasteiger partial charge in [0.1, 0.15) is 5.01 Å². The molecule has 1 aromatic heterocycles. The van der Waals surface area contributed by atoms with E-state index in [2.05, 4.69) is 10.3 Å². The van der Waals surface area contributed by atoms with Crippen LogP contribution >= 0.6 is 11.3 Å². The number of aryl methyl sites for hydroxylation is 2. The van der Waals surface area contributed by atoms with E-state index in [4.69, 9.17) is 4.74 Å². The lowest BCUT2D eigenvalue weighted by Gasteiger charge is -2.13. The van der Waals surface area contributed by atoms with Crippen molar-refractivity contribution in [1.82, 2.24) is 10.3 Å². The number of nitro benzene ring substituents is 1. The summed E-state index contributed by atoms with van der Waals surface area (Å²) in [5, 5.41) is 15.0. The fourth-order valence-corrected chi connectivity index (χ4v) is 4.02. The number of ether oxygens (including phenoxy) is 1. The molecule has 29 heavy (non-hydrogen) atoms. The Bertz CT molecular complexity index is 1060. The first-order valence-electron chi connectivity index (χ1n) is 8.97. The highest BCUT2D eigenvalue weighted by Crippen LogP contribution is 2.32. The Balaban J connectivity index is 1.81. The summed E-state index contributed by atoms with van der Waals surface area (Å²) in [5.74, 6) is -0.284. The number of aromatic nitrogens is 1. The minimum atomic E-state index is -0.569. The van der Waals surface area contributed by atoms with Crippen molar-refractivity contribution in [2.75, 3.05) is 7.11 Å². The van der Waals surface area contributed by atoms with Crippen LogP contribution in [0.25, 0.3) is 10.6 Å². The number of hydrogen-bond acceptors (Lipinski definition) is 6. The predicted octanol–water partition coefficient (Wildman–Crippen LogP) is 4.83. The van der Waals surface area contributed by atoms with Crippen molar-refractivity contribution < 1.29 is 14.5 Å². The number of amides is 1. The van der Waals surface area contributed by atoms with Gasteiger partial charge < -0.3 is 10.1 Å². The Morgan fingerprint density at radius 1 is 1.21 bits per heavy atom. The normalized spacial score (nSPS) is 11.7. The Morgan fingerprint density at radius 3 is 2.52 bits per heavy atom. The van der Waals surface area contributed by atoms with Gasteiger partial charge in [0.25, 0.3) is 5.91 Å². The average Bonchev–Trinajstić information content (AvgIpc) is 3.09. The SMILES string of the molecule is COc1ccc(C(=O)NC(C)c2sc(-c3ccc(C)cc3)nc2C)cc1[N+](=O)[O-]. The Labute approximate surface area is 172 Å². The number of benzene rings is 2. The van der Waals surface area contributed by atoms with Crippen LogP contribution in [0.3, 0.4) is 0 Å². The molecule has 1 unspecified atom stereocenters. The molecule has 0 radical (unpaired) electrons. The first kappa shape index (κ1) is 20.5. The van der Waals surface area contributed by atoms with Gasteiger partial charge >= 0.3 is 5.69 Å². The number of nitrogens with one attached hydrogen (secondary N) is 1. The van der Waals surface area contributed by atoms with Crippen molar-refractivity contribution in [3.8, 4) is 16.3 Å². The summed E-state index contributed by atoms with van der Waals surface area (Å²) >= 11 is 1.52. The molecule has 0 bridgehead atoms. The van der Waals surface area contributed by atoms with E-state index in [1.165, 1.54) is 42.2 Å². The summed E-state index contributed by atoms with van der Waals surface area (Å²) < 4.78 is 4.98. The monoisotopic (exact) mass is 411 g/mol. The lowest BCUT2D eigenvalue weighted by Crippen LogP contribution is -2.26. The lowest BCUT2D eigenvalue weighted by molar-refractivity contribution is -0.385. The second-order valence-electron chi connectivity index (χ2n) is 6.67. The largest absolute Gasteiger partial charge is 0.490 e. The molecule has 1 atom stereocenters. The van der Waals surface area contributed by atoms with E-state index in [0.717, 1.165) is 21.1 Å². The fraction of sp³-hybridized carbons (Fsp3) is 0.238. The number of nitrogens with zero attached hydrogens (tertiary/aromatic N) is 2. The molecule has 150 valence electrons. The molecule has 0 fully saturated rings.